The van der Waals surface area contributed by atoms with Crippen LogP contribution >= 0.6 is 0 Å². The minimum atomic E-state index is 0.502. The van der Waals surface area contributed by atoms with E-state index in [1.54, 1.807) is 53.7 Å². The summed E-state index contributed by atoms with van der Waals surface area (Å²) >= 11 is 0. The zero-order valence-electron chi connectivity index (χ0n) is 20.8. The Morgan fingerprint density at radius 3 is 1.58 bits per heavy atom. The van der Waals surface area contributed by atoms with Crippen molar-refractivity contribution in [1.82, 2.24) is 0 Å². The quantitative estimate of drug-likeness (QED) is 0.498. The van der Waals surface area contributed by atoms with Crippen molar-refractivity contribution in [1.29, 1.82) is 0 Å². The largest absolute Gasteiger partial charge is 0.493 e. The molecule has 0 bridgehead atoms. The van der Waals surface area contributed by atoms with Crippen LogP contribution in [0.3, 0.4) is 0 Å². The fourth-order valence-corrected chi connectivity index (χ4v) is 3.64. The van der Waals surface area contributed by atoms with Crippen molar-refractivity contribution in [3.05, 3.63) is 64.7 Å². The molecule has 0 radical (unpaired) electrons. The molecular weight excluding hydrogens is 460 g/mol. The van der Waals surface area contributed by atoms with Crippen LogP contribution < -0.4 is 33.2 Å². The summed E-state index contributed by atoms with van der Waals surface area (Å²) in [5, 5.41) is 0. The van der Waals surface area contributed by atoms with Crippen LogP contribution in [0.4, 0.5) is 0 Å². The van der Waals surface area contributed by atoms with Gasteiger partial charge in [-0.2, -0.15) is 0 Å². The second-order valence-electron chi connectivity index (χ2n) is 7.53. The first-order valence-electron chi connectivity index (χ1n) is 11.1. The number of fused-ring (bicyclic) bond motifs is 1. The molecule has 0 unspecified atom stereocenters. The Kier molecular flexibility index (Phi) is 7.63. The highest BCUT2D eigenvalue weighted by atomic mass is 16.6. The summed E-state index contributed by atoms with van der Waals surface area (Å²) in [5.74, 6) is 16.8. The van der Waals surface area contributed by atoms with Crippen LogP contribution in [0.5, 0.6) is 40.2 Å². The van der Waals surface area contributed by atoms with Gasteiger partial charge in [-0.3, -0.25) is 0 Å². The molecular formula is C29H26O7. The Morgan fingerprint density at radius 1 is 0.528 bits per heavy atom. The standard InChI is InChI=1S/C29H26O7/c1-30-24-17-21(9-6-19-8-11-23-26(14-19)36-13-12-35-23)22(18-25(24)31-2)10-7-20-15-27(32-3)29(34-5)28(16-20)33-4/h8,11,14-18H,12-13H2,1-5H3. The summed E-state index contributed by atoms with van der Waals surface area (Å²) in [4.78, 5) is 0. The predicted molar refractivity (Wildman–Crippen MR) is 135 cm³/mol. The maximum absolute atomic E-state index is 5.67. The zero-order chi connectivity index (χ0) is 25.5. The van der Waals surface area contributed by atoms with E-state index in [-0.39, 0.29) is 0 Å². The molecule has 4 rings (SSSR count). The topological polar surface area (TPSA) is 64.6 Å². The summed E-state index contributed by atoms with van der Waals surface area (Å²) in [6.45, 7) is 1.05. The predicted octanol–water partition coefficient (Wildman–Crippen LogP) is 4.30. The Balaban J connectivity index is 1.76. The van der Waals surface area contributed by atoms with Gasteiger partial charge in [0.05, 0.1) is 35.5 Å². The van der Waals surface area contributed by atoms with E-state index in [1.807, 2.05) is 24.3 Å². The lowest BCUT2D eigenvalue weighted by atomic mass is 10.0. The van der Waals surface area contributed by atoms with Crippen molar-refractivity contribution < 1.29 is 33.2 Å². The number of hydrogen-bond acceptors (Lipinski definition) is 7. The van der Waals surface area contributed by atoms with Crippen molar-refractivity contribution in [3.63, 3.8) is 0 Å². The van der Waals surface area contributed by atoms with Crippen LogP contribution in [-0.4, -0.2) is 48.8 Å². The van der Waals surface area contributed by atoms with E-state index in [9.17, 15) is 0 Å². The minimum Gasteiger partial charge on any atom is -0.493 e. The van der Waals surface area contributed by atoms with Crippen LogP contribution in [0.15, 0.2) is 42.5 Å². The summed E-state index contributed by atoms with van der Waals surface area (Å²) < 4.78 is 38.5. The first-order chi connectivity index (χ1) is 17.6. The second kappa shape index (κ2) is 11.2. The second-order valence-corrected chi connectivity index (χ2v) is 7.53. The van der Waals surface area contributed by atoms with E-state index in [2.05, 4.69) is 23.7 Å². The van der Waals surface area contributed by atoms with E-state index in [0.717, 1.165) is 11.3 Å². The van der Waals surface area contributed by atoms with E-state index in [1.165, 1.54) is 0 Å². The summed E-state index contributed by atoms with van der Waals surface area (Å²) in [5.41, 5.74) is 2.83. The van der Waals surface area contributed by atoms with Gasteiger partial charge in [0.15, 0.2) is 34.5 Å². The monoisotopic (exact) mass is 486 g/mol. The molecule has 3 aromatic carbocycles. The molecule has 36 heavy (non-hydrogen) atoms. The summed E-state index contributed by atoms with van der Waals surface area (Å²) in [7, 11) is 7.84. The van der Waals surface area contributed by atoms with Gasteiger partial charge in [-0.15, -0.1) is 0 Å². The number of ether oxygens (including phenoxy) is 7. The fourth-order valence-electron chi connectivity index (χ4n) is 3.64. The SMILES string of the molecule is COc1cc(C#Cc2ccc3c(c2)OCCO3)c(C#Cc2cc(OC)c(OC)c(OC)c2)cc1OC. The number of methoxy groups -OCH3 is 5. The third-order valence-electron chi connectivity index (χ3n) is 5.41. The van der Waals surface area contributed by atoms with Gasteiger partial charge in [-0.05, 0) is 30.3 Å². The van der Waals surface area contributed by atoms with Crippen LogP contribution in [0.1, 0.15) is 22.3 Å². The van der Waals surface area contributed by atoms with E-state index >= 15 is 0 Å². The number of hydrogen-bond donors (Lipinski definition) is 0. The van der Waals surface area contributed by atoms with Crippen LogP contribution in [0.2, 0.25) is 0 Å². The van der Waals surface area contributed by atoms with E-state index < -0.39 is 0 Å². The molecule has 7 nitrogen and oxygen atoms in total. The fraction of sp³-hybridized carbons (Fsp3) is 0.241. The normalized spacial score (nSPS) is 11.2. The molecule has 1 heterocycles. The lowest BCUT2D eigenvalue weighted by molar-refractivity contribution is 0.171. The van der Waals surface area contributed by atoms with Gasteiger partial charge in [0.25, 0.3) is 0 Å². The third-order valence-corrected chi connectivity index (χ3v) is 5.41. The molecule has 0 amide bonds. The van der Waals surface area contributed by atoms with Gasteiger partial charge in [0.1, 0.15) is 13.2 Å². The van der Waals surface area contributed by atoms with Gasteiger partial charge < -0.3 is 33.2 Å². The Morgan fingerprint density at radius 2 is 1.06 bits per heavy atom. The highest BCUT2D eigenvalue weighted by Crippen LogP contribution is 2.38. The molecule has 3 aromatic rings. The molecule has 184 valence electrons. The van der Waals surface area contributed by atoms with Gasteiger partial charge in [0.2, 0.25) is 5.75 Å². The van der Waals surface area contributed by atoms with Gasteiger partial charge >= 0.3 is 0 Å². The van der Waals surface area contributed by atoms with Gasteiger partial charge in [-0.1, -0.05) is 23.7 Å². The molecule has 1 aliphatic rings. The van der Waals surface area contributed by atoms with Crippen LogP contribution in [0.25, 0.3) is 0 Å². The number of benzene rings is 3. The minimum absolute atomic E-state index is 0.502. The number of rotatable bonds is 5. The Bertz CT molecular complexity index is 1360. The average Bonchev–Trinajstić information content (AvgIpc) is 2.93. The van der Waals surface area contributed by atoms with Crippen LogP contribution in [0, 0.1) is 23.7 Å². The molecule has 0 aliphatic carbocycles. The molecule has 0 saturated carbocycles. The Hall–Kier alpha value is -4.62. The maximum Gasteiger partial charge on any atom is 0.203 e. The molecule has 1 aliphatic heterocycles. The molecule has 0 spiro atoms. The van der Waals surface area contributed by atoms with Gasteiger partial charge in [-0.25, -0.2) is 0 Å². The molecule has 0 atom stereocenters. The van der Waals surface area contributed by atoms with Crippen LogP contribution in [-0.2, 0) is 0 Å². The van der Waals surface area contributed by atoms with Crippen molar-refractivity contribution in [2.45, 2.75) is 0 Å². The molecule has 0 fully saturated rings. The lowest BCUT2D eigenvalue weighted by Crippen LogP contribution is -2.15. The molecule has 0 N–H and O–H groups in total. The maximum atomic E-state index is 5.67. The van der Waals surface area contributed by atoms with Crippen molar-refractivity contribution >= 4 is 0 Å². The average molecular weight is 487 g/mol. The first kappa shape index (κ1) is 24.5. The first-order valence-corrected chi connectivity index (χ1v) is 11.1. The van der Waals surface area contributed by atoms with Gasteiger partial charge in [0, 0.05) is 34.4 Å². The Labute approximate surface area is 210 Å². The smallest absolute Gasteiger partial charge is 0.203 e. The highest BCUT2D eigenvalue weighted by molar-refractivity contribution is 5.63. The summed E-state index contributed by atoms with van der Waals surface area (Å²) in [6.07, 6.45) is 0. The summed E-state index contributed by atoms with van der Waals surface area (Å²) in [6, 6.07) is 12.8. The van der Waals surface area contributed by atoms with Crippen molar-refractivity contribution in [3.8, 4) is 63.9 Å². The van der Waals surface area contributed by atoms with Crippen molar-refractivity contribution in [2.24, 2.45) is 0 Å². The molecule has 0 aromatic heterocycles. The highest BCUT2D eigenvalue weighted by Gasteiger charge is 2.14. The zero-order valence-corrected chi connectivity index (χ0v) is 20.8. The van der Waals surface area contributed by atoms with Crippen molar-refractivity contribution in [2.75, 3.05) is 48.8 Å². The molecule has 0 saturated heterocycles. The molecule has 7 heteroatoms. The van der Waals surface area contributed by atoms with E-state index in [4.69, 9.17) is 33.2 Å². The lowest BCUT2D eigenvalue weighted by Gasteiger charge is -2.17. The van der Waals surface area contributed by atoms with E-state index in [0.29, 0.717) is 64.4 Å². The third kappa shape index (κ3) is 5.21.